The molecular formula is C17H36OSn. The summed E-state index contributed by atoms with van der Waals surface area (Å²) in [5.74, 6) is 0.348. The van der Waals surface area contributed by atoms with Crippen molar-refractivity contribution in [3.05, 3.63) is 10.2 Å². The zero-order valence-electron chi connectivity index (χ0n) is 13.8. The summed E-state index contributed by atoms with van der Waals surface area (Å²) >= 11 is -2.06. The Kier molecular flexibility index (Phi) is 12.6. The average Bonchev–Trinajstić information content (AvgIpc) is 2.45. The Morgan fingerprint density at radius 1 is 0.895 bits per heavy atom. The standard InChI is InChI=1S/C5H9O.3C4H9.Sn/c1-3-5(2)4-6;3*1-3-4-2;/h1,3,5-6H,4H2,2H3;3*1,3-4H2,2H3;. The van der Waals surface area contributed by atoms with E-state index in [0.717, 1.165) is 0 Å². The quantitative estimate of drug-likeness (QED) is 0.443. The van der Waals surface area contributed by atoms with Crippen molar-refractivity contribution in [2.24, 2.45) is 5.92 Å². The van der Waals surface area contributed by atoms with Crippen molar-refractivity contribution in [1.82, 2.24) is 0 Å². The molecule has 1 unspecified atom stereocenters. The Labute approximate surface area is 125 Å². The van der Waals surface area contributed by atoms with Gasteiger partial charge in [-0.2, -0.15) is 0 Å². The van der Waals surface area contributed by atoms with Gasteiger partial charge in [0, 0.05) is 0 Å². The summed E-state index contributed by atoms with van der Waals surface area (Å²) in [4.78, 5) is 0. The number of aliphatic hydroxyl groups excluding tert-OH is 1. The third-order valence-electron chi connectivity index (χ3n) is 4.15. The molecule has 0 saturated carbocycles. The number of aliphatic hydroxyl groups is 1. The maximum atomic E-state index is 9.23. The van der Waals surface area contributed by atoms with E-state index in [4.69, 9.17) is 0 Å². The molecule has 0 spiro atoms. The molecule has 0 aliphatic rings. The molecule has 0 aromatic heterocycles. The summed E-state index contributed by atoms with van der Waals surface area (Å²) in [5, 5.41) is 9.23. The van der Waals surface area contributed by atoms with Gasteiger partial charge in [0.2, 0.25) is 0 Å². The molecule has 0 aromatic rings. The molecule has 2 heteroatoms. The molecule has 1 atom stereocenters. The van der Waals surface area contributed by atoms with Gasteiger partial charge in [0.25, 0.3) is 0 Å². The number of hydrogen-bond acceptors (Lipinski definition) is 1. The molecule has 1 nitrogen and oxygen atoms in total. The van der Waals surface area contributed by atoms with E-state index >= 15 is 0 Å². The van der Waals surface area contributed by atoms with Crippen LogP contribution in [0.1, 0.15) is 66.2 Å². The van der Waals surface area contributed by atoms with Gasteiger partial charge >= 0.3 is 126 Å². The van der Waals surface area contributed by atoms with Gasteiger partial charge < -0.3 is 0 Å². The van der Waals surface area contributed by atoms with E-state index in [0.29, 0.717) is 12.5 Å². The first-order chi connectivity index (χ1) is 9.14. The first-order valence-corrected chi connectivity index (χ1v) is 16.1. The second-order valence-electron chi connectivity index (χ2n) is 6.19. The molecule has 0 bridgehead atoms. The topological polar surface area (TPSA) is 20.2 Å². The predicted molar refractivity (Wildman–Crippen MR) is 90.3 cm³/mol. The van der Waals surface area contributed by atoms with Gasteiger partial charge in [-0.3, -0.25) is 0 Å². The molecule has 0 saturated heterocycles. The SMILES string of the molecule is CCC[CH2][Sn]([CH]=CC(C)CO)([CH2]CCC)[CH2]CCC. The molecule has 0 aliphatic heterocycles. The van der Waals surface area contributed by atoms with Crippen LogP contribution in [0.2, 0.25) is 13.3 Å². The van der Waals surface area contributed by atoms with E-state index in [-0.39, 0.29) is 0 Å². The Bertz CT molecular complexity index is 204. The zero-order valence-corrected chi connectivity index (χ0v) is 16.6. The van der Waals surface area contributed by atoms with E-state index < -0.39 is 18.4 Å². The Morgan fingerprint density at radius 2 is 1.32 bits per heavy atom. The average molecular weight is 375 g/mol. The van der Waals surface area contributed by atoms with E-state index in [1.807, 2.05) is 0 Å². The van der Waals surface area contributed by atoms with Crippen LogP contribution in [0.3, 0.4) is 0 Å². The van der Waals surface area contributed by atoms with E-state index in [1.54, 1.807) is 0 Å². The Morgan fingerprint density at radius 3 is 1.63 bits per heavy atom. The Balaban J connectivity index is 4.80. The minimum absolute atomic E-state index is 0.299. The van der Waals surface area contributed by atoms with Crippen LogP contribution in [0.25, 0.3) is 0 Å². The molecule has 0 radical (unpaired) electrons. The van der Waals surface area contributed by atoms with Crippen LogP contribution in [0, 0.1) is 5.92 Å². The minimum atomic E-state index is -2.06. The van der Waals surface area contributed by atoms with Crippen LogP contribution in [0.15, 0.2) is 10.2 Å². The van der Waals surface area contributed by atoms with Gasteiger partial charge in [-0.25, -0.2) is 0 Å². The molecule has 0 aromatic carbocycles. The monoisotopic (exact) mass is 376 g/mol. The van der Waals surface area contributed by atoms with Crippen molar-refractivity contribution in [2.75, 3.05) is 6.61 Å². The summed E-state index contributed by atoms with van der Waals surface area (Å²) in [6.45, 7) is 9.38. The van der Waals surface area contributed by atoms with Gasteiger partial charge in [-0.15, -0.1) is 0 Å². The summed E-state index contributed by atoms with van der Waals surface area (Å²) in [6, 6.07) is 0. The van der Waals surface area contributed by atoms with Crippen LogP contribution in [0.5, 0.6) is 0 Å². The zero-order chi connectivity index (χ0) is 14.6. The van der Waals surface area contributed by atoms with Crippen molar-refractivity contribution in [3.8, 4) is 0 Å². The Hall–Kier alpha value is 0.499. The summed E-state index contributed by atoms with van der Waals surface area (Å²) in [6.07, 6.45) is 10.6. The molecular weight excluding hydrogens is 339 g/mol. The van der Waals surface area contributed by atoms with Crippen LogP contribution in [0.4, 0.5) is 0 Å². The summed E-state index contributed by atoms with van der Waals surface area (Å²) in [7, 11) is 0. The number of unbranched alkanes of at least 4 members (excludes halogenated alkanes) is 3. The van der Waals surface area contributed by atoms with E-state index in [2.05, 4.69) is 37.9 Å². The van der Waals surface area contributed by atoms with Crippen molar-refractivity contribution in [3.63, 3.8) is 0 Å². The third kappa shape index (κ3) is 9.12. The normalized spacial score (nSPS) is 14.2. The fraction of sp³-hybridized carbons (Fsp3) is 0.882. The van der Waals surface area contributed by atoms with Crippen molar-refractivity contribution in [2.45, 2.75) is 79.5 Å². The molecule has 0 heterocycles. The maximum absolute atomic E-state index is 9.23. The first kappa shape index (κ1) is 19.5. The van der Waals surface area contributed by atoms with E-state index in [1.165, 1.54) is 51.8 Å². The molecule has 0 aliphatic carbocycles. The fourth-order valence-corrected chi connectivity index (χ4v) is 17.4. The second kappa shape index (κ2) is 12.3. The molecule has 1 N–H and O–H groups in total. The fourth-order valence-electron chi connectivity index (χ4n) is 2.64. The van der Waals surface area contributed by atoms with Crippen molar-refractivity contribution in [1.29, 1.82) is 0 Å². The summed E-state index contributed by atoms with van der Waals surface area (Å²) < 4.78 is 7.25. The predicted octanol–water partition coefficient (Wildman–Crippen LogP) is 5.56. The third-order valence-corrected chi connectivity index (χ3v) is 18.3. The molecule has 0 rings (SSSR count). The molecule has 0 fully saturated rings. The van der Waals surface area contributed by atoms with Gasteiger partial charge in [-0.05, 0) is 0 Å². The molecule has 114 valence electrons. The van der Waals surface area contributed by atoms with Gasteiger partial charge in [0.1, 0.15) is 0 Å². The second-order valence-corrected chi connectivity index (χ2v) is 19.2. The number of rotatable bonds is 12. The van der Waals surface area contributed by atoms with Crippen LogP contribution < -0.4 is 0 Å². The first-order valence-electron chi connectivity index (χ1n) is 8.44. The van der Waals surface area contributed by atoms with E-state index in [9.17, 15) is 5.11 Å². The molecule has 0 amide bonds. The van der Waals surface area contributed by atoms with Crippen molar-refractivity contribution >= 4 is 18.4 Å². The van der Waals surface area contributed by atoms with Crippen molar-refractivity contribution < 1.29 is 5.11 Å². The van der Waals surface area contributed by atoms with Gasteiger partial charge in [0.05, 0.1) is 0 Å². The van der Waals surface area contributed by atoms with Crippen LogP contribution in [-0.2, 0) is 0 Å². The van der Waals surface area contributed by atoms with Gasteiger partial charge in [-0.1, -0.05) is 0 Å². The van der Waals surface area contributed by atoms with Gasteiger partial charge in [0.15, 0.2) is 0 Å². The van der Waals surface area contributed by atoms with Crippen LogP contribution in [-0.4, -0.2) is 30.1 Å². The molecule has 19 heavy (non-hydrogen) atoms. The summed E-state index contributed by atoms with van der Waals surface area (Å²) in [5.41, 5.74) is 0. The number of hydrogen-bond donors (Lipinski definition) is 1. The van der Waals surface area contributed by atoms with Crippen LogP contribution >= 0.6 is 0 Å².